The van der Waals surface area contributed by atoms with Crippen LogP contribution in [0.2, 0.25) is 5.02 Å². The third-order valence-electron chi connectivity index (χ3n) is 3.70. The summed E-state index contributed by atoms with van der Waals surface area (Å²) in [4.78, 5) is 6.92. The minimum Gasteiger partial charge on any atom is -0.354 e. The maximum Gasteiger partial charge on any atom is 0.129 e. The van der Waals surface area contributed by atoms with E-state index in [0.29, 0.717) is 22.9 Å². The molecule has 0 aliphatic carbocycles. The highest BCUT2D eigenvalue weighted by molar-refractivity contribution is 6.32. The van der Waals surface area contributed by atoms with Crippen LogP contribution in [0.15, 0.2) is 12.1 Å². The fourth-order valence-corrected chi connectivity index (χ4v) is 2.83. The van der Waals surface area contributed by atoms with Gasteiger partial charge < -0.3 is 4.90 Å². The molecule has 17 heavy (non-hydrogen) atoms. The Morgan fingerprint density at radius 1 is 1.41 bits per heavy atom. The summed E-state index contributed by atoms with van der Waals surface area (Å²) < 4.78 is 0. The van der Waals surface area contributed by atoms with E-state index in [9.17, 15) is 0 Å². The summed E-state index contributed by atoms with van der Waals surface area (Å²) in [6, 6.07) is 4.42. The number of rotatable bonds is 2. The number of alkyl halides is 1. The number of anilines is 1. The molecular weight excluding hydrogens is 255 g/mol. The molecule has 2 rings (SSSR count). The summed E-state index contributed by atoms with van der Waals surface area (Å²) in [6.45, 7) is 5.64. The standard InChI is InChI=1S/C13H18Cl2N2/c1-9-4-3-7-17(10(9)2)13-6-5-11(15)12(8-14)16-13/h5-6,9-10H,3-4,7-8H2,1-2H3. The Labute approximate surface area is 113 Å². The Bertz CT molecular complexity index is 395. The molecule has 1 aromatic heterocycles. The summed E-state index contributed by atoms with van der Waals surface area (Å²) >= 11 is 11.9. The van der Waals surface area contributed by atoms with E-state index in [1.54, 1.807) is 0 Å². The predicted octanol–water partition coefficient (Wildman–Crippen LogP) is 4.10. The molecule has 4 heteroatoms. The number of pyridine rings is 1. The molecule has 1 aromatic rings. The van der Waals surface area contributed by atoms with Gasteiger partial charge in [0.05, 0.1) is 16.6 Å². The average Bonchev–Trinajstić information content (AvgIpc) is 2.34. The Morgan fingerprint density at radius 2 is 2.18 bits per heavy atom. The molecule has 0 N–H and O–H groups in total. The SMILES string of the molecule is CC1CCCN(c2ccc(Cl)c(CCl)n2)C1C. The largest absolute Gasteiger partial charge is 0.354 e. The first-order chi connectivity index (χ1) is 8.13. The predicted molar refractivity (Wildman–Crippen MR) is 74.0 cm³/mol. The number of hydrogen-bond donors (Lipinski definition) is 0. The van der Waals surface area contributed by atoms with Crippen LogP contribution < -0.4 is 4.90 Å². The molecule has 2 atom stereocenters. The zero-order chi connectivity index (χ0) is 12.4. The minimum absolute atomic E-state index is 0.366. The van der Waals surface area contributed by atoms with Crippen molar-refractivity contribution in [1.82, 2.24) is 4.98 Å². The van der Waals surface area contributed by atoms with Gasteiger partial charge in [-0.25, -0.2) is 4.98 Å². The number of nitrogens with zero attached hydrogens (tertiary/aromatic N) is 2. The van der Waals surface area contributed by atoms with E-state index in [0.717, 1.165) is 18.1 Å². The molecule has 1 aliphatic rings. The smallest absolute Gasteiger partial charge is 0.129 e. The van der Waals surface area contributed by atoms with Crippen molar-refractivity contribution in [3.8, 4) is 0 Å². The molecule has 0 saturated carbocycles. The van der Waals surface area contributed by atoms with Crippen molar-refractivity contribution in [2.75, 3.05) is 11.4 Å². The van der Waals surface area contributed by atoms with Crippen molar-refractivity contribution < 1.29 is 0 Å². The van der Waals surface area contributed by atoms with E-state index >= 15 is 0 Å². The van der Waals surface area contributed by atoms with Crippen LogP contribution in [0.1, 0.15) is 32.4 Å². The molecule has 0 spiro atoms. The number of hydrogen-bond acceptors (Lipinski definition) is 2. The first-order valence-corrected chi connectivity index (χ1v) is 7.02. The molecule has 2 heterocycles. The fraction of sp³-hybridized carbons (Fsp3) is 0.615. The van der Waals surface area contributed by atoms with Crippen LogP contribution in [0.25, 0.3) is 0 Å². The van der Waals surface area contributed by atoms with Crippen LogP contribution in [0.4, 0.5) is 5.82 Å². The first-order valence-electron chi connectivity index (χ1n) is 6.11. The molecule has 0 bridgehead atoms. The monoisotopic (exact) mass is 272 g/mol. The van der Waals surface area contributed by atoms with Gasteiger partial charge in [0.2, 0.25) is 0 Å². The molecule has 2 nitrogen and oxygen atoms in total. The Hall–Kier alpha value is -0.470. The summed E-state index contributed by atoms with van der Waals surface area (Å²) in [7, 11) is 0. The molecule has 0 amide bonds. The van der Waals surface area contributed by atoms with Gasteiger partial charge in [-0.3, -0.25) is 0 Å². The van der Waals surface area contributed by atoms with Crippen LogP contribution in [-0.2, 0) is 5.88 Å². The molecule has 94 valence electrons. The van der Waals surface area contributed by atoms with Gasteiger partial charge in [-0.1, -0.05) is 18.5 Å². The molecule has 1 fully saturated rings. The third-order valence-corrected chi connectivity index (χ3v) is 4.30. The summed E-state index contributed by atoms with van der Waals surface area (Å²) in [5.41, 5.74) is 0.774. The topological polar surface area (TPSA) is 16.1 Å². The maximum atomic E-state index is 6.03. The highest BCUT2D eigenvalue weighted by Crippen LogP contribution is 2.29. The third kappa shape index (κ3) is 2.69. The normalized spacial score (nSPS) is 25.1. The molecule has 0 aromatic carbocycles. The molecule has 2 unspecified atom stereocenters. The van der Waals surface area contributed by atoms with E-state index < -0.39 is 0 Å². The first kappa shape index (κ1) is 13.0. The van der Waals surface area contributed by atoms with Crippen LogP contribution >= 0.6 is 23.2 Å². The van der Waals surface area contributed by atoms with Crippen LogP contribution in [-0.4, -0.2) is 17.6 Å². The zero-order valence-electron chi connectivity index (χ0n) is 10.3. The summed E-state index contributed by atoms with van der Waals surface area (Å²) in [6.07, 6.45) is 2.53. The van der Waals surface area contributed by atoms with Crippen molar-refractivity contribution in [3.63, 3.8) is 0 Å². The van der Waals surface area contributed by atoms with Crippen LogP contribution in [0, 0.1) is 5.92 Å². The maximum absolute atomic E-state index is 6.03. The number of aromatic nitrogens is 1. The average molecular weight is 273 g/mol. The molecule has 0 radical (unpaired) electrons. The van der Waals surface area contributed by atoms with Gasteiger partial charge in [-0.05, 0) is 37.8 Å². The van der Waals surface area contributed by atoms with Gasteiger partial charge in [-0.15, -0.1) is 11.6 Å². The van der Waals surface area contributed by atoms with Crippen LogP contribution in [0.5, 0.6) is 0 Å². The Balaban J connectivity index is 2.27. The van der Waals surface area contributed by atoms with Crippen molar-refractivity contribution >= 4 is 29.0 Å². The highest BCUT2D eigenvalue weighted by Gasteiger charge is 2.25. The van der Waals surface area contributed by atoms with Gasteiger partial charge in [0.15, 0.2) is 0 Å². The lowest BCUT2D eigenvalue weighted by molar-refractivity contribution is 0.361. The van der Waals surface area contributed by atoms with E-state index in [2.05, 4.69) is 23.7 Å². The van der Waals surface area contributed by atoms with Crippen molar-refractivity contribution in [2.24, 2.45) is 5.92 Å². The minimum atomic E-state index is 0.366. The van der Waals surface area contributed by atoms with Gasteiger partial charge in [0, 0.05) is 12.6 Å². The van der Waals surface area contributed by atoms with Gasteiger partial charge in [0.1, 0.15) is 5.82 Å². The second kappa shape index (κ2) is 5.45. The lowest BCUT2D eigenvalue weighted by Crippen LogP contribution is -2.43. The second-order valence-corrected chi connectivity index (χ2v) is 5.46. The van der Waals surface area contributed by atoms with E-state index in [4.69, 9.17) is 23.2 Å². The second-order valence-electron chi connectivity index (χ2n) is 4.79. The fourth-order valence-electron chi connectivity index (χ4n) is 2.39. The van der Waals surface area contributed by atoms with E-state index in [-0.39, 0.29) is 0 Å². The van der Waals surface area contributed by atoms with Gasteiger partial charge in [-0.2, -0.15) is 0 Å². The zero-order valence-corrected chi connectivity index (χ0v) is 11.8. The van der Waals surface area contributed by atoms with Crippen molar-refractivity contribution in [2.45, 2.75) is 38.6 Å². The lowest BCUT2D eigenvalue weighted by Gasteiger charge is -2.39. The van der Waals surface area contributed by atoms with E-state index in [1.807, 2.05) is 12.1 Å². The summed E-state index contributed by atoms with van der Waals surface area (Å²) in [5, 5.41) is 0.654. The molecular formula is C13H18Cl2N2. The van der Waals surface area contributed by atoms with E-state index in [1.165, 1.54) is 12.8 Å². The quantitative estimate of drug-likeness (QED) is 0.754. The van der Waals surface area contributed by atoms with Crippen molar-refractivity contribution in [1.29, 1.82) is 0 Å². The van der Waals surface area contributed by atoms with Crippen LogP contribution in [0.3, 0.4) is 0 Å². The molecule has 1 aliphatic heterocycles. The highest BCUT2D eigenvalue weighted by atomic mass is 35.5. The van der Waals surface area contributed by atoms with Gasteiger partial charge >= 0.3 is 0 Å². The van der Waals surface area contributed by atoms with Gasteiger partial charge in [0.25, 0.3) is 0 Å². The summed E-state index contributed by atoms with van der Waals surface area (Å²) in [5.74, 6) is 2.08. The lowest BCUT2D eigenvalue weighted by atomic mass is 9.92. The molecule has 1 saturated heterocycles. The number of halogens is 2. The Kier molecular flexibility index (Phi) is 4.16. The van der Waals surface area contributed by atoms with Crippen molar-refractivity contribution in [3.05, 3.63) is 22.8 Å². The Morgan fingerprint density at radius 3 is 2.88 bits per heavy atom. The number of piperidine rings is 1.